The third kappa shape index (κ3) is 3.62. The number of anilines is 1. The van der Waals surface area contributed by atoms with Crippen LogP contribution in [0.4, 0.5) is 23.7 Å². The van der Waals surface area contributed by atoms with Gasteiger partial charge >= 0.3 is 12.2 Å². The Bertz CT molecular complexity index is 1110. The molecule has 1 aromatic heterocycles. The predicted molar refractivity (Wildman–Crippen MR) is 102 cm³/mol. The molecule has 2 N–H and O–H groups in total. The number of carbonyl (C=O) groups excluding carboxylic acids is 1. The average molecular weight is 467 g/mol. The van der Waals surface area contributed by atoms with Crippen molar-refractivity contribution in [1.82, 2.24) is 14.9 Å². The van der Waals surface area contributed by atoms with Crippen LogP contribution in [0.15, 0.2) is 40.0 Å². The van der Waals surface area contributed by atoms with Crippen molar-refractivity contribution in [2.75, 3.05) is 5.32 Å². The fourth-order valence-electron chi connectivity index (χ4n) is 3.06. The molecule has 4 rings (SSSR count). The third-order valence-corrected chi connectivity index (χ3v) is 5.48. The van der Waals surface area contributed by atoms with E-state index in [0.29, 0.717) is 10.0 Å². The van der Waals surface area contributed by atoms with Gasteiger partial charge in [0.2, 0.25) is 5.54 Å². The van der Waals surface area contributed by atoms with Gasteiger partial charge in [0.1, 0.15) is 0 Å². The average Bonchev–Trinajstić information content (AvgIpc) is 3.46. The molecule has 29 heavy (non-hydrogen) atoms. The molecule has 2 heterocycles. The number of alkyl halides is 3. The number of rotatable bonds is 2. The molecule has 0 radical (unpaired) electrons. The maximum Gasteiger partial charge on any atom is 0.427 e. The number of nitrogens with zero attached hydrogens (tertiary/aromatic N) is 2. The number of fused-ring (bicyclic) bond motifs is 1. The number of hydrogen-bond donors (Lipinski definition) is 2. The van der Waals surface area contributed by atoms with Crippen molar-refractivity contribution in [2.24, 2.45) is 5.92 Å². The number of halogens is 4. The smallest absolute Gasteiger partial charge is 0.310 e. The highest BCUT2D eigenvalue weighted by Crippen LogP contribution is 2.45. The van der Waals surface area contributed by atoms with Gasteiger partial charge in [-0.1, -0.05) is 27.8 Å². The van der Waals surface area contributed by atoms with E-state index in [-0.39, 0.29) is 29.3 Å². The van der Waals surface area contributed by atoms with Crippen LogP contribution in [-0.2, 0) is 12.1 Å². The molecule has 2 aromatic rings. The molecule has 0 saturated heterocycles. The molecule has 10 heteroatoms. The molecule has 2 amide bonds. The summed E-state index contributed by atoms with van der Waals surface area (Å²) in [6.45, 7) is 0.0661. The lowest BCUT2D eigenvalue weighted by molar-refractivity contribution is -0.178. The molecule has 0 bridgehead atoms. The normalized spacial score (nSPS) is 20.8. The summed E-state index contributed by atoms with van der Waals surface area (Å²) in [5.74, 6) is 4.85. The van der Waals surface area contributed by atoms with Crippen LogP contribution in [0, 0.1) is 17.8 Å². The molecule has 1 aromatic carbocycles. The van der Waals surface area contributed by atoms with Crippen LogP contribution in [0.2, 0.25) is 0 Å². The minimum atomic E-state index is -4.83. The molecular weight excluding hydrogens is 453 g/mol. The van der Waals surface area contributed by atoms with Crippen LogP contribution >= 0.6 is 15.9 Å². The van der Waals surface area contributed by atoms with Crippen LogP contribution in [0.25, 0.3) is 0 Å². The van der Waals surface area contributed by atoms with E-state index < -0.39 is 17.7 Å². The topological polar surface area (TPSA) is 76.0 Å². The molecule has 0 unspecified atom stereocenters. The first-order valence-corrected chi connectivity index (χ1v) is 9.51. The number of benzene rings is 1. The van der Waals surface area contributed by atoms with Crippen LogP contribution in [0.1, 0.15) is 24.0 Å². The van der Waals surface area contributed by atoms with Gasteiger partial charge in [0.05, 0.1) is 12.9 Å². The van der Waals surface area contributed by atoms with Gasteiger partial charge in [0.25, 0.3) is 5.56 Å². The van der Waals surface area contributed by atoms with Gasteiger partial charge in [-0.15, -0.1) is 0 Å². The van der Waals surface area contributed by atoms with Gasteiger partial charge in [0.15, 0.2) is 0 Å². The van der Waals surface area contributed by atoms with E-state index in [4.69, 9.17) is 0 Å². The maximum absolute atomic E-state index is 14.1. The number of amides is 2. The summed E-state index contributed by atoms with van der Waals surface area (Å²) >= 11 is 3.29. The Morgan fingerprint density at radius 3 is 2.72 bits per heavy atom. The predicted octanol–water partition coefficient (Wildman–Crippen LogP) is 3.36. The van der Waals surface area contributed by atoms with Crippen LogP contribution in [0.3, 0.4) is 0 Å². The molecule has 0 spiro atoms. The largest absolute Gasteiger partial charge is 0.427 e. The zero-order chi connectivity index (χ0) is 20.8. The van der Waals surface area contributed by atoms with Gasteiger partial charge in [0, 0.05) is 33.9 Å². The lowest BCUT2D eigenvalue weighted by Gasteiger charge is -2.37. The summed E-state index contributed by atoms with van der Waals surface area (Å²) < 4.78 is 44.1. The zero-order valence-corrected chi connectivity index (χ0v) is 16.4. The Balaban J connectivity index is 1.84. The molecule has 150 valence electrons. The van der Waals surface area contributed by atoms with E-state index in [1.54, 1.807) is 0 Å². The first-order valence-electron chi connectivity index (χ1n) is 8.71. The second kappa shape index (κ2) is 6.91. The van der Waals surface area contributed by atoms with Crippen LogP contribution in [-0.4, -0.2) is 21.8 Å². The first kappa shape index (κ1) is 19.5. The Morgan fingerprint density at radius 2 is 2.07 bits per heavy atom. The molecule has 6 nitrogen and oxygen atoms in total. The highest BCUT2D eigenvalue weighted by atomic mass is 79.9. The van der Waals surface area contributed by atoms with E-state index >= 15 is 0 Å². The van der Waals surface area contributed by atoms with Crippen molar-refractivity contribution in [3.63, 3.8) is 0 Å². The van der Waals surface area contributed by atoms with Gasteiger partial charge in [-0.25, -0.2) is 9.78 Å². The Kier molecular flexibility index (Phi) is 4.65. The van der Waals surface area contributed by atoms with Crippen molar-refractivity contribution < 1.29 is 18.0 Å². The summed E-state index contributed by atoms with van der Waals surface area (Å²) in [4.78, 5) is 27.9. The number of urea groups is 1. The number of aromatic nitrogens is 2. The Hall–Kier alpha value is -2.80. The summed E-state index contributed by atoms with van der Waals surface area (Å²) in [5, 5.41) is 4.40. The Morgan fingerprint density at radius 1 is 1.31 bits per heavy atom. The molecule has 2 aliphatic rings. The van der Waals surface area contributed by atoms with Crippen molar-refractivity contribution in [1.29, 1.82) is 0 Å². The number of carbonyl (C=O) groups is 1. The lowest BCUT2D eigenvalue weighted by Crippen LogP contribution is -2.59. The minimum Gasteiger partial charge on any atom is -0.310 e. The van der Waals surface area contributed by atoms with Gasteiger partial charge in [-0.05, 0) is 30.5 Å². The molecule has 1 atom stereocenters. The molecular formula is C19H14BrF3N4O2. The van der Waals surface area contributed by atoms with Crippen LogP contribution in [0.5, 0.6) is 0 Å². The van der Waals surface area contributed by atoms with Gasteiger partial charge in [-0.2, -0.15) is 13.2 Å². The lowest BCUT2D eigenvalue weighted by atomic mass is 9.85. The standard InChI is InChI=1S/C19H14BrF3N4O2/c20-14-8-13-15(7-12(14)9-27-10-24-6-4-16(27)28)25-17(29)26-18(13,19(21,22)23)5-3-11-1-2-11/h4,6-8,10-11H,1-2,9H2,(H2,25,26,29)/t18-/m0/s1. The summed E-state index contributed by atoms with van der Waals surface area (Å²) in [6, 6.07) is 2.98. The SMILES string of the molecule is O=C1Nc2cc(Cn3cnccc3=O)c(Br)cc2[C@@](C#CC2CC2)(C(F)(F)F)N1. The van der Waals surface area contributed by atoms with Gasteiger partial charge < -0.3 is 10.6 Å². The summed E-state index contributed by atoms with van der Waals surface area (Å²) in [5.41, 5.74) is -2.82. The highest BCUT2D eigenvalue weighted by molar-refractivity contribution is 9.10. The second-order valence-electron chi connectivity index (χ2n) is 6.91. The highest BCUT2D eigenvalue weighted by Gasteiger charge is 2.59. The quantitative estimate of drug-likeness (QED) is 0.666. The Labute approximate surface area is 171 Å². The second-order valence-corrected chi connectivity index (χ2v) is 7.76. The van der Waals surface area contributed by atoms with Crippen molar-refractivity contribution >= 4 is 27.6 Å². The van der Waals surface area contributed by atoms with Crippen molar-refractivity contribution in [3.05, 3.63) is 56.7 Å². The zero-order valence-electron chi connectivity index (χ0n) is 14.8. The van der Waals surface area contributed by atoms with Crippen molar-refractivity contribution in [2.45, 2.75) is 31.1 Å². The molecule has 1 fully saturated rings. The number of nitrogens with one attached hydrogen (secondary N) is 2. The fourth-order valence-corrected chi connectivity index (χ4v) is 3.52. The molecule has 1 saturated carbocycles. The minimum absolute atomic E-state index is 0.00805. The van der Waals surface area contributed by atoms with E-state index in [1.807, 2.05) is 5.32 Å². The van der Waals surface area contributed by atoms with Gasteiger partial charge in [-0.3, -0.25) is 9.36 Å². The van der Waals surface area contributed by atoms with Crippen LogP contribution < -0.4 is 16.2 Å². The van der Waals surface area contributed by atoms with E-state index in [1.165, 1.54) is 35.3 Å². The maximum atomic E-state index is 14.1. The molecule has 1 aliphatic heterocycles. The van der Waals surface area contributed by atoms with Crippen molar-refractivity contribution in [3.8, 4) is 11.8 Å². The third-order valence-electron chi connectivity index (χ3n) is 4.74. The summed E-state index contributed by atoms with van der Waals surface area (Å²) in [6.07, 6.45) is -0.647. The number of hydrogen-bond acceptors (Lipinski definition) is 3. The van der Waals surface area contributed by atoms with E-state index in [9.17, 15) is 22.8 Å². The summed E-state index contributed by atoms with van der Waals surface area (Å²) in [7, 11) is 0. The first-order chi connectivity index (χ1) is 13.7. The van der Waals surface area contributed by atoms with E-state index in [0.717, 1.165) is 12.8 Å². The fraction of sp³-hybridized carbons (Fsp3) is 0.316. The van der Waals surface area contributed by atoms with E-state index in [2.05, 4.69) is 38.1 Å². The monoisotopic (exact) mass is 466 g/mol. The molecule has 1 aliphatic carbocycles.